The lowest BCUT2D eigenvalue weighted by Gasteiger charge is -2.32. The zero-order valence-corrected chi connectivity index (χ0v) is 73.7. The molecule has 3 fully saturated rings. The summed E-state index contributed by atoms with van der Waals surface area (Å²) in [6.07, 6.45) is 20.8. The fourth-order valence-corrected chi connectivity index (χ4v) is 13.3. The summed E-state index contributed by atoms with van der Waals surface area (Å²) in [6, 6.07) is 16.1. The summed E-state index contributed by atoms with van der Waals surface area (Å²) in [5.74, 6) is -0.172. The van der Waals surface area contributed by atoms with Gasteiger partial charge in [-0.25, -0.2) is 29.9 Å². The molecule has 16 rings (SSSR count). The molecule has 10 N–H and O–H groups in total. The highest BCUT2D eigenvalue weighted by atomic mass is 127. The first-order chi connectivity index (χ1) is 55.7. The zero-order valence-electron chi connectivity index (χ0n) is 69.3. The van der Waals surface area contributed by atoms with Gasteiger partial charge in [-0.3, -0.25) is 33.5 Å². The number of rotatable bonds is 13. The number of nitrogen functional groups attached to an aromatic ring is 3. The monoisotopic (exact) mass is 1800 g/mol. The maximum absolute atomic E-state index is 13.1. The van der Waals surface area contributed by atoms with Gasteiger partial charge in [-0.15, -0.1) is 0 Å². The maximum Gasteiger partial charge on any atom is 0.498 e. The normalized spacial score (nSPS) is 17.3. The number of carbonyl (C=O) groups is 3. The number of aromatic nitrogens is 14. The van der Waals surface area contributed by atoms with Crippen LogP contribution in [-0.4, -0.2) is 195 Å². The summed E-state index contributed by atoms with van der Waals surface area (Å²) >= 11 is 21.3. The first kappa shape index (κ1) is 90.2. The quantitative estimate of drug-likeness (QED) is 0.0416. The van der Waals surface area contributed by atoms with E-state index in [1.807, 2.05) is 98.2 Å². The van der Waals surface area contributed by atoms with Crippen LogP contribution in [0.15, 0.2) is 123 Å². The number of nitrogens with two attached hydrogens (primary N) is 3. The number of anilines is 6. The van der Waals surface area contributed by atoms with Gasteiger partial charge in [-0.1, -0.05) is 60.8 Å². The molecule has 39 heteroatoms. The van der Waals surface area contributed by atoms with Crippen LogP contribution in [0, 0.1) is 8.99 Å². The van der Waals surface area contributed by atoms with Crippen molar-refractivity contribution < 1.29 is 62.5 Å². The number of nitrogens with one attached hydrogen (secondary N) is 1. The van der Waals surface area contributed by atoms with Crippen LogP contribution in [-0.2, 0) is 38.3 Å². The molecule has 2 saturated heterocycles. The van der Waals surface area contributed by atoms with Crippen LogP contribution in [0.5, 0.6) is 17.6 Å². The molecule has 12 heterocycles. The number of halogens is 4. The number of H-pyrrole nitrogens is 1. The van der Waals surface area contributed by atoms with E-state index in [9.17, 15) is 29.7 Å². The predicted molar refractivity (Wildman–Crippen MR) is 465 cm³/mol. The van der Waals surface area contributed by atoms with Crippen molar-refractivity contribution >= 4 is 135 Å². The number of aliphatic hydroxyl groups is 3. The Balaban J connectivity index is 0.000000147. The second kappa shape index (κ2) is 36.0. The molecular weight excluding hydrogens is 1700 g/mol. The highest BCUT2D eigenvalue weighted by molar-refractivity contribution is 14.1. The lowest BCUT2D eigenvalue weighted by molar-refractivity contribution is 0.00578. The number of aromatic amines is 1. The molecular formula is C80H100B2Cl3IN20O13. The van der Waals surface area contributed by atoms with E-state index in [-0.39, 0.29) is 112 Å². The number of benzene rings is 3. The average molecular weight is 1800 g/mol. The Morgan fingerprint density at radius 1 is 0.471 bits per heavy atom. The molecule has 0 atom stereocenters. The molecule has 3 amide bonds. The third-order valence-corrected chi connectivity index (χ3v) is 22.5. The lowest BCUT2D eigenvalue weighted by Crippen LogP contribution is -2.41. The number of carbonyl (C=O) groups excluding carboxylic acids is 3. The van der Waals surface area contributed by atoms with Crippen molar-refractivity contribution in [1.82, 2.24) is 69.4 Å². The van der Waals surface area contributed by atoms with E-state index in [0.717, 1.165) is 42.2 Å². The maximum atomic E-state index is 13.1. The van der Waals surface area contributed by atoms with Crippen LogP contribution in [0.1, 0.15) is 155 Å². The molecule has 7 aromatic heterocycles. The van der Waals surface area contributed by atoms with Gasteiger partial charge in [0.15, 0.2) is 0 Å². The average Bonchev–Trinajstić information content (AvgIpc) is 1.62. The molecule has 3 aromatic carbocycles. The molecule has 632 valence electrons. The number of hydrogen-bond donors (Lipinski definition) is 7. The third kappa shape index (κ3) is 22.5. The van der Waals surface area contributed by atoms with Crippen molar-refractivity contribution in [1.29, 1.82) is 0 Å². The van der Waals surface area contributed by atoms with Gasteiger partial charge in [-0.05, 0) is 180 Å². The number of amides is 3. The minimum atomic E-state index is -0.881. The summed E-state index contributed by atoms with van der Waals surface area (Å²) in [6.45, 7) is 34.2. The summed E-state index contributed by atoms with van der Waals surface area (Å²) in [5, 5.41) is 50.7. The molecule has 0 spiro atoms. The van der Waals surface area contributed by atoms with Crippen LogP contribution in [0.2, 0.25) is 15.1 Å². The van der Waals surface area contributed by atoms with Crippen molar-refractivity contribution in [3.05, 3.63) is 158 Å². The Bertz CT molecular complexity index is 5070. The molecule has 1 aliphatic carbocycles. The van der Waals surface area contributed by atoms with Crippen molar-refractivity contribution in [2.75, 3.05) is 71.4 Å². The van der Waals surface area contributed by atoms with Crippen molar-refractivity contribution in [3.8, 4) is 39.9 Å². The molecule has 33 nitrogen and oxygen atoms in total. The fourth-order valence-electron chi connectivity index (χ4n) is 12.2. The summed E-state index contributed by atoms with van der Waals surface area (Å²) in [5.41, 5.74) is 21.8. The molecule has 0 radical (unpaired) electrons. The summed E-state index contributed by atoms with van der Waals surface area (Å²) < 4.78 is 46.1. The largest absolute Gasteiger partial charge is 0.498 e. The molecule has 0 bridgehead atoms. The van der Waals surface area contributed by atoms with Gasteiger partial charge in [0, 0.05) is 91.0 Å². The van der Waals surface area contributed by atoms with Crippen LogP contribution in [0.25, 0.3) is 22.3 Å². The Labute approximate surface area is 719 Å². The number of ether oxygens (including phenoxy) is 3. The Morgan fingerprint density at radius 3 is 1.12 bits per heavy atom. The Hall–Kier alpha value is -9.60. The zero-order chi connectivity index (χ0) is 86.7. The Morgan fingerprint density at radius 2 is 0.798 bits per heavy atom. The number of nitrogens with zero attached hydrogens (tertiary/aromatic N) is 16. The highest BCUT2D eigenvalue weighted by Crippen LogP contribution is 2.44. The summed E-state index contributed by atoms with van der Waals surface area (Å²) in [4.78, 5) is 67.1. The van der Waals surface area contributed by atoms with E-state index in [1.165, 1.54) is 31.8 Å². The molecule has 119 heavy (non-hydrogen) atoms. The van der Waals surface area contributed by atoms with Crippen molar-refractivity contribution in [2.24, 2.45) is 5.41 Å². The van der Waals surface area contributed by atoms with E-state index < -0.39 is 23.9 Å². The van der Waals surface area contributed by atoms with Crippen LogP contribution in [0.4, 0.5) is 34.5 Å². The highest BCUT2D eigenvalue weighted by Gasteiger charge is 2.53. The van der Waals surface area contributed by atoms with Gasteiger partial charge in [0.25, 0.3) is 17.7 Å². The van der Waals surface area contributed by atoms with Crippen LogP contribution in [0.3, 0.4) is 0 Å². The van der Waals surface area contributed by atoms with Crippen molar-refractivity contribution in [2.45, 2.75) is 182 Å². The first-order valence-electron chi connectivity index (χ1n) is 38.3. The second-order valence-electron chi connectivity index (χ2n) is 33.8. The van der Waals surface area contributed by atoms with E-state index in [0.29, 0.717) is 78.0 Å². The van der Waals surface area contributed by atoms with Gasteiger partial charge in [0.2, 0.25) is 17.6 Å². The third-order valence-electron chi connectivity index (χ3n) is 20.3. The van der Waals surface area contributed by atoms with Crippen LogP contribution < -0.4 is 57.0 Å². The second-order valence-corrected chi connectivity index (χ2v) is 36.2. The molecule has 6 aliphatic rings. The smallest absolute Gasteiger partial charge is 0.475 e. The van der Waals surface area contributed by atoms with Gasteiger partial charge < -0.3 is 80.0 Å². The number of fused-ring (bicyclic) bond motifs is 3. The van der Waals surface area contributed by atoms with E-state index in [2.05, 4.69) is 91.8 Å². The van der Waals surface area contributed by atoms with E-state index in [4.69, 9.17) is 84.8 Å². The Kier molecular flexibility index (Phi) is 27.3. The topological polar surface area (TPSA) is 424 Å². The fraction of sp³-hybridized carbons (Fsp3) is 0.438. The predicted octanol–water partition coefficient (Wildman–Crippen LogP) is 10.6. The van der Waals surface area contributed by atoms with E-state index >= 15 is 0 Å². The molecule has 10 aromatic rings. The lowest BCUT2D eigenvalue weighted by atomic mass is 9.82. The molecule has 1 saturated carbocycles. The van der Waals surface area contributed by atoms with E-state index in [1.54, 1.807) is 132 Å². The van der Waals surface area contributed by atoms with Gasteiger partial charge >= 0.3 is 14.2 Å². The standard InChI is InChI=1S/2C20H21ClN6O3.C13H23BN2O3.C13H10ClIN4O2.C9H15BN2O2.C5H10/c2*1-20(2,29)10-26-9-12(8-25-26)14-4-3-13(7-15(14)21)27-5-6-30-18-16(19(27)28)17(22)23-11-24-18;1-11(2,17)9-16-8-10(7-15-16)14-18-12(3,4)13(5,6)19-14;14-8-5-7(1-2-9(8)15)19-3-4-21-12-10(13(19)20)11(16)17-6-18-12;1-8(2)9(3,4)14-10(13-8)7-5-11-12-6-7;1-5(2)3-4-5/h2*3-4,7-9,11,29H,5-6,10H2,1-2H3,(H2,22,23,24);7-8,17H,9H2,1-6H3;1-2,5-6H,3-4H2,(H2,16,17,18);5-6H,1-4H3,(H,11,12);3-4H2,1-2H3. The van der Waals surface area contributed by atoms with Gasteiger partial charge in [0.1, 0.15) is 72.9 Å². The van der Waals surface area contributed by atoms with Crippen LogP contribution >= 0.6 is 57.4 Å². The molecule has 0 unspecified atom stereocenters. The van der Waals surface area contributed by atoms with Gasteiger partial charge in [0.05, 0.1) is 106 Å². The SMILES string of the molecule is CC(C)(O)Cn1cc(-c2ccc(N3CCOc4ncnc(N)c4C3=O)cc2Cl)cn1.CC(C)(O)Cn1cc(-c2ccc(N3CCOc4ncnc(N)c4C3=O)cc2Cl)cn1.CC(C)(O)Cn1cc(B2OC(C)(C)C(C)(C)O2)cn1.CC1(C)CC1.CC1(C)OB(c2cn[nH]c2)OC1(C)C.Nc1ncnc2c1C(=O)N(c1ccc(I)c(Cl)c1)CCO2. The minimum Gasteiger partial charge on any atom is -0.475 e. The molecule has 5 aliphatic heterocycles. The van der Waals surface area contributed by atoms with Crippen molar-refractivity contribution in [3.63, 3.8) is 0 Å². The summed E-state index contributed by atoms with van der Waals surface area (Å²) in [7, 11) is -0.709. The van der Waals surface area contributed by atoms with Gasteiger partial charge in [-0.2, -0.15) is 20.4 Å². The first-order valence-corrected chi connectivity index (χ1v) is 40.5. The number of hydrogen-bond acceptors (Lipinski definition) is 26. The minimum absolute atomic E-state index is 0.0684.